The molecule has 22 heavy (non-hydrogen) atoms. The molecule has 0 aliphatic heterocycles. The van der Waals surface area contributed by atoms with E-state index in [1.807, 2.05) is 54.8 Å². The van der Waals surface area contributed by atoms with E-state index in [0.29, 0.717) is 11.5 Å². The summed E-state index contributed by atoms with van der Waals surface area (Å²) in [6, 6.07) is 15.6. The number of carbonyl (C=O) groups is 1. The van der Waals surface area contributed by atoms with E-state index < -0.39 is 0 Å². The van der Waals surface area contributed by atoms with Gasteiger partial charge in [0.1, 0.15) is 0 Å². The van der Waals surface area contributed by atoms with Crippen molar-refractivity contribution in [2.75, 3.05) is 6.26 Å². The summed E-state index contributed by atoms with van der Waals surface area (Å²) in [4.78, 5) is 13.2. The second kappa shape index (κ2) is 7.80. The molecule has 114 valence electrons. The predicted molar refractivity (Wildman–Crippen MR) is 93.8 cm³/mol. The highest BCUT2D eigenvalue weighted by Crippen LogP contribution is 2.15. The van der Waals surface area contributed by atoms with Crippen LogP contribution in [0.25, 0.3) is 0 Å². The summed E-state index contributed by atoms with van der Waals surface area (Å²) in [6.45, 7) is 4.25. The van der Waals surface area contributed by atoms with Crippen LogP contribution in [0.15, 0.2) is 58.5 Å². The Labute approximate surface area is 135 Å². The quantitative estimate of drug-likeness (QED) is 0.508. The molecular formula is C18H20N2OS. The van der Waals surface area contributed by atoms with Gasteiger partial charge in [-0.2, -0.15) is 5.10 Å². The van der Waals surface area contributed by atoms with Crippen LogP contribution in [0.1, 0.15) is 41.3 Å². The fraction of sp³-hybridized carbons (Fsp3) is 0.222. The Hall–Kier alpha value is -2.07. The Kier molecular flexibility index (Phi) is 5.78. The molecule has 0 aromatic heterocycles. The Morgan fingerprint density at radius 3 is 2.27 bits per heavy atom. The fourth-order valence-electron chi connectivity index (χ4n) is 1.94. The highest BCUT2D eigenvalue weighted by molar-refractivity contribution is 7.98. The molecule has 0 atom stereocenters. The van der Waals surface area contributed by atoms with Crippen LogP contribution in [-0.4, -0.2) is 18.4 Å². The second-order valence-electron chi connectivity index (χ2n) is 5.25. The lowest BCUT2D eigenvalue weighted by atomic mass is 10.0. The van der Waals surface area contributed by atoms with Crippen LogP contribution < -0.4 is 5.43 Å². The van der Waals surface area contributed by atoms with E-state index in [0.717, 1.165) is 5.56 Å². The van der Waals surface area contributed by atoms with Crippen molar-refractivity contribution in [2.24, 2.45) is 5.10 Å². The van der Waals surface area contributed by atoms with Crippen LogP contribution in [0.4, 0.5) is 0 Å². The van der Waals surface area contributed by atoms with Gasteiger partial charge in [-0.3, -0.25) is 4.79 Å². The maximum absolute atomic E-state index is 12.0. The summed E-state index contributed by atoms with van der Waals surface area (Å²) in [5.74, 6) is 0.256. The van der Waals surface area contributed by atoms with Gasteiger partial charge in [0.2, 0.25) is 0 Å². The predicted octanol–water partition coefficient (Wildman–Crippen LogP) is 4.30. The first-order valence-electron chi connectivity index (χ1n) is 7.17. The van der Waals surface area contributed by atoms with E-state index in [9.17, 15) is 4.79 Å². The van der Waals surface area contributed by atoms with Gasteiger partial charge in [-0.15, -0.1) is 11.8 Å². The van der Waals surface area contributed by atoms with Crippen LogP contribution in [0, 0.1) is 0 Å². The monoisotopic (exact) mass is 312 g/mol. The van der Waals surface area contributed by atoms with E-state index in [1.54, 1.807) is 18.0 Å². The van der Waals surface area contributed by atoms with Crippen molar-refractivity contribution in [3.8, 4) is 0 Å². The number of amides is 1. The van der Waals surface area contributed by atoms with E-state index in [2.05, 4.69) is 24.4 Å². The molecule has 0 bridgehead atoms. The van der Waals surface area contributed by atoms with E-state index in [1.165, 1.54) is 10.5 Å². The highest BCUT2D eigenvalue weighted by atomic mass is 32.2. The molecule has 0 unspecified atom stereocenters. The van der Waals surface area contributed by atoms with E-state index in [4.69, 9.17) is 0 Å². The number of hydrogen-bond donors (Lipinski definition) is 1. The van der Waals surface area contributed by atoms with Crippen LogP contribution >= 0.6 is 11.8 Å². The van der Waals surface area contributed by atoms with Crippen molar-refractivity contribution < 1.29 is 4.79 Å². The zero-order valence-electron chi connectivity index (χ0n) is 13.0. The minimum absolute atomic E-state index is 0.202. The Morgan fingerprint density at radius 1 is 1.09 bits per heavy atom. The minimum Gasteiger partial charge on any atom is -0.267 e. The largest absolute Gasteiger partial charge is 0.271 e. The lowest BCUT2D eigenvalue weighted by Gasteiger charge is -2.05. The molecule has 0 fully saturated rings. The number of thioether (sulfide) groups is 1. The Morgan fingerprint density at radius 2 is 1.73 bits per heavy atom. The molecule has 0 aliphatic carbocycles. The van der Waals surface area contributed by atoms with Crippen molar-refractivity contribution in [3.63, 3.8) is 0 Å². The SMILES string of the molecule is CSc1ccc(/C=N/NC(=O)c2ccc(C(C)C)cc2)cc1. The molecule has 0 saturated carbocycles. The van der Waals surface area contributed by atoms with Crippen molar-refractivity contribution in [1.82, 2.24) is 5.43 Å². The molecule has 0 spiro atoms. The molecule has 1 amide bonds. The number of hydrazone groups is 1. The summed E-state index contributed by atoms with van der Waals surface area (Å²) in [6.07, 6.45) is 3.68. The molecule has 3 nitrogen and oxygen atoms in total. The van der Waals surface area contributed by atoms with Gasteiger partial charge in [-0.05, 0) is 47.6 Å². The molecule has 0 heterocycles. The van der Waals surface area contributed by atoms with Crippen LogP contribution in [0.5, 0.6) is 0 Å². The van der Waals surface area contributed by atoms with Crippen LogP contribution in [0.2, 0.25) is 0 Å². The first-order chi connectivity index (χ1) is 10.6. The summed E-state index contributed by atoms with van der Waals surface area (Å²) in [5.41, 5.74) is 5.33. The molecule has 2 aromatic rings. The van der Waals surface area contributed by atoms with Gasteiger partial charge in [-0.25, -0.2) is 5.43 Å². The van der Waals surface area contributed by atoms with Gasteiger partial charge in [0, 0.05) is 10.5 Å². The van der Waals surface area contributed by atoms with Gasteiger partial charge in [0.15, 0.2) is 0 Å². The number of carbonyl (C=O) groups excluding carboxylic acids is 1. The molecule has 0 aliphatic rings. The van der Waals surface area contributed by atoms with Crippen molar-refractivity contribution in [1.29, 1.82) is 0 Å². The average molecular weight is 312 g/mol. The molecule has 1 N–H and O–H groups in total. The smallest absolute Gasteiger partial charge is 0.267 e. The molecule has 2 aromatic carbocycles. The summed E-state index contributed by atoms with van der Waals surface area (Å²) in [5, 5.41) is 4.00. The van der Waals surface area contributed by atoms with E-state index in [-0.39, 0.29) is 5.91 Å². The zero-order chi connectivity index (χ0) is 15.9. The standard InChI is InChI=1S/C18H20N2OS/c1-13(2)15-6-8-16(9-7-15)18(21)20-19-12-14-4-10-17(22-3)11-5-14/h4-13H,1-3H3,(H,20,21)/b19-12+. The molecular weight excluding hydrogens is 292 g/mol. The maximum Gasteiger partial charge on any atom is 0.271 e. The van der Waals surface area contributed by atoms with E-state index >= 15 is 0 Å². The second-order valence-corrected chi connectivity index (χ2v) is 6.13. The molecule has 2 rings (SSSR count). The van der Waals surface area contributed by atoms with Crippen molar-refractivity contribution in [2.45, 2.75) is 24.7 Å². The topological polar surface area (TPSA) is 41.5 Å². The number of nitrogens with zero attached hydrogens (tertiary/aromatic N) is 1. The Bertz CT molecular complexity index is 646. The van der Waals surface area contributed by atoms with Crippen LogP contribution in [-0.2, 0) is 0 Å². The van der Waals surface area contributed by atoms with Crippen LogP contribution in [0.3, 0.4) is 0 Å². The third-order valence-electron chi connectivity index (χ3n) is 3.34. The minimum atomic E-state index is -0.202. The Balaban J connectivity index is 1.95. The third kappa shape index (κ3) is 4.46. The normalized spacial score (nSPS) is 11.1. The van der Waals surface area contributed by atoms with Gasteiger partial charge in [0.05, 0.1) is 6.21 Å². The van der Waals surface area contributed by atoms with Crippen molar-refractivity contribution >= 4 is 23.9 Å². The van der Waals surface area contributed by atoms with Crippen molar-refractivity contribution in [3.05, 3.63) is 65.2 Å². The number of rotatable bonds is 5. The van der Waals surface area contributed by atoms with Gasteiger partial charge in [-0.1, -0.05) is 38.1 Å². The zero-order valence-corrected chi connectivity index (χ0v) is 13.9. The summed E-state index contributed by atoms with van der Waals surface area (Å²) >= 11 is 1.69. The lowest BCUT2D eigenvalue weighted by Crippen LogP contribution is -2.17. The van der Waals surface area contributed by atoms with Gasteiger partial charge in [0.25, 0.3) is 5.91 Å². The highest BCUT2D eigenvalue weighted by Gasteiger charge is 2.05. The lowest BCUT2D eigenvalue weighted by molar-refractivity contribution is 0.0955. The van der Waals surface area contributed by atoms with Gasteiger partial charge >= 0.3 is 0 Å². The first kappa shape index (κ1) is 16.3. The summed E-state index contributed by atoms with van der Waals surface area (Å²) < 4.78 is 0. The molecule has 0 saturated heterocycles. The number of nitrogens with one attached hydrogen (secondary N) is 1. The van der Waals surface area contributed by atoms with Gasteiger partial charge < -0.3 is 0 Å². The first-order valence-corrected chi connectivity index (χ1v) is 8.40. The molecule has 0 radical (unpaired) electrons. The fourth-order valence-corrected chi connectivity index (χ4v) is 2.35. The third-order valence-corrected chi connectivity index (χ3v) is 4.08. The number of hydrogen-bond acceptors (Lipinski definition) is 3. The number of benzene rings is 2. The molecule has 4 heteroatoms. The maximum atomic E-state index is 12.0. The average Bonchev–Trinajstić information content (AvgIpc) is 2.55. The summed E-state index contributed by atoms with van der Waals surface area (Å²) in [7, 11) is 0.